The number of nitrogens with two attached hydrogens (primary N) is 1. The van der Waals surface area contributed by atoms with E-state index in [2.05, 4.69) is 9.98 Å². The maximum absolute atomic E-state index is 14.9. The smallest absolute Gasteiger partial charge is 0.165 e. The van der Waals surface area contributed by atoms with E-state index >= 15 is 0 Å². The van der Waals surface area contributed by atoms with Gasteiger partial charge in [-0.05, 0) is 50.1 Å². The Morgan fingerprint density at radius 2 is 1.90 bits per heavy atom. The monoisotopic (exact) mass is 429 g/mol. The van der Waals surface area contributed by atoms with Crippen molar-refractivity contribution in [2.45, 2.75) is 37.5 Å². The van der Waals surface area contributed by atoms with Crippen LogP contribution in [0.15, 0.2) is 46.4 Å². The lowest BCUT2D eigenvalue weighted by Crippen LogP contribution is -2.55. The average molecular weight is 430 g/mol. The van der Waals surface area contributed by atoms with E-state index in [1.54, 1.807) is 26.2 Å². The van der Waals surface area contributed by atoms with Crippen molar-refractivity contribution in [2.75, 3.05) is 12.9 Å². The molecule has 0 fully saturated rings. The lowest BCUT2D eigenvalue weighted by Gasteiger charge is -2.38. The van der Waals surface area contributed by atoms with Crippen LogP contribution in [0.2, 0.25) is 0 Å². The number of hydrogen-bond donors (Lipinski definition) is 1. The van der Waals surface area contributed by atoms with E-state index in [1.165, 1.54) is 19.9 Å². The van der Waals surface area contributed by atoms with E-state index < -0.39 is 25.9 Å². The van der Waals surface area contributed by atoms with Crippen LogP contribution in [0.1, 0.15) is 37.5 Å². The summed E-state index contributed by atoms with van der Waals surface area (Å²) < 4.78 is 44.7. The van der Waals surface area contributed by atoms with Gasteiger partial charge in [0.2, 0.25) is 0 Å². The first kappa shape index (κ1) is 20.5. The number of nitrogens with zero attached hydrogens (tertiary/aromatic N) is 2. The van der Waals surface area contributed by atoms with Gasteiger partial charge in [-0.25, -0.2) is 17.8 Å². The number of methoxy groups -OCH3 is 1. The quantitative estimate of drug-likeness (QED) is 0.810. The molecule has 0 aliphatic carbocycles. The Kier molecular flexibility index (Phi) is 4.54. The highest BCUT2D eigenvalue weighted by molar-refractivity contribution is 7.93. The van der Waals surface area contributed by atoms with Gasteiger partial charge in [-0.1, -0.05) is 18.2 Å². The average Bonchev–Trinajstić information content (AvgIpc) is 3.10. The van der Waals surface area contributed by atoms with Crippen LogP contribution in [-0.4, -0.2) is 37.6 Å². The molecule has 2 N–H and O–H groups in total. The number of amidine groups is 1. The minimum Gasteiger partial charge on any atom is -0.494 e. The van der Waals surface area contributed by atoms with Crippen molar-refractivity contribution >= 4 is 27.1 Å². The number of benzene rings is 2. The van der Waals surface area contributed by atoms with Gasteiger partial charge in [0, 0.05) is 12.0 Å². The lowest BCUT2D eigenvalue weighted by molar-refractivity contribution is 0.416. The van der Waals surface area contributed by atoms with Gasteiger partial charge in [0.15, 0.2) is 9.84 Å². The first-order chi connectivity index (χ1) is 14.0. The number of aliphatic imine (C=N–C) groups is 2. The second-order valence-corrected chi connectivity index (χ2v) is 11.0. The standard InChI is InChI=1S/C22H24FN3O3S/c1-21(2)20(24)26-22(3,12-30(21,27)28)15-10-13(8-9-16(15)23)17-11-14-6-5-7-18(29-4)19(14)25-17/h5-10H,11-12H2,1-4H3,(H2,24,26)/t22-/m0/s1. The lowest BCUT2D eigenvalue weighted by atomic mass is 9.90. The van der Waals surface area contributed by atoms with Gasteiger partial charge in [-0.3, -0.25) is 4.99 Å². The van der Waals surface area contributed by atoms with E-state index in [0.717, 1.165) is 17.0 Å². The molecule has 0 bridgehead atoms. The van der Waals surface area contributed by atoms with Crippen molar-refractivity contribution in [3.8, 4) is 5.75 Å². The molecule has 2 aromatic carbocycles. The molecule has 30 heavy (non-hydrogen) atoms. The summed E-state index contributed by atoms with van der Waals surface area (Å²) in [6.45, 7) is 4.64. The van der Waals surface area contributed by atoms with Crippen molar-refractivity contribution in [3.63, 3.8) is 0 Å². The van der Waals surface area contributed by atoms with Crippen molar-refractivity contribution in [1.82, 2.24) is 0 Å². The second kappa shape index (κ2) is 6.63. The van der Waals surface area contributed by atoms with E-state index in [9.17, 15) is 12.8 Å². The molecule has 0 saturated heterocycles. The molecule has 1 atom stereocenters. The van der Waals surface area contributed by atoms with Crippen LogP contribution < -0.4 is 10.5 Å². The summed E-state index contributed by atoms with van der Waals surface area (Å²) in [7, 11) is -2.05. The van der Waals surface area contributed by atoms with Gasteiger partial charge in [0.25, 0.3) is 0 Å². The van der Waals surface area contributed by atoms with Crippen LogP contribution in [0.3, 0.4) is 0 Å². The van der Waals surface area contributed by atoms with Gasteiger partial charge in [0.1, 0.15) is 33.4 Å². The molecule has 0 saturated carbocycles. The van der Waals surface area contributed by atoms with Crippen LogP contribution in [0.5, 0.6) is 5.75 Å². The SMILES string of the molecule is COc1cccc2c1N=C(c1ccc(F)c([C@]3(C)CS(=O)(=O)C(C)(C)C(N)=N3)c1)C2. The molecule has 0 aromatic heterocycles. The number of halogens is 1. The molecule has 158 valence electrons. The summed E-state index contributed by atoms with van der Waals surface area (Å²) in [5.74, 6) is -0.193. The first-order valence-electron chi connectivity index (χ1n) is 9.60. The van der Waals surface area contributed by atoms with Crippen LogP contribution >= 0.6 is 0 Å². The van der Waals surface area contributed by atoms with Gasteiger partial charge >= 0.3 is 0 Å². The Bertz CT molecular complexity index is 1220. The summed E-state index contributed by atoms with van der Waals surface area (Å²) in [5, 5.41) is 0. The number of para-hydroxylation sites is 1. The molecule has 8 heteroatoms. The van der Waals surface area contributed by atoms with Crippen LogP contribution in [0, 0.1) is 5.82 Å². The Morgan fingerprint density at radius 3 is 2.57 bits per heavy atom. The van der Waals surface area contributed by atoms with Gasteiger partial charge in [-0.2, -0.15) is 0 Å². The molecule has 2 aliphatic heterocycles. The highest BCUT2D eigenvalue weighted by Crippen LogP contribution is 2.40. The number of ether oxygens (including phenoxy) is 1. The largest absolute Gasteiger partial charge is 0.494 e. The molecule has 0 unspecified atom stereocenters. The number of sulfone groups is 1. The molecule has 0 radical (unpaired) electrons. The molecule has 6 nitrogen and oxygen atoms in total. The van der Waals surface area contributed by atoms with E-state index in [1.807, 2.05) is 18.2 Å². The molecule has 0 spiro atoms. The van der Waals surface area contributed by atoms with Crippen LogP contribution in [0.4, 0.5) is 10.1 Å². The molecule has 0 amide bonds. The first-order valence-corrected chi connectivity index (χ1v) is 11.3. The van der Waals surface area contributed by atoms with Gasteiger partial charge in [0.05, 0.1) is 18.6 Å². The molecule has 2 aliphatic rings. The maximum Gasteiger partial charge on any atom is 0.165 e. The zero-order valence-electron chi connectivity index (χ0n) is 17.4. The summed E-state index contributed by atoms with van der Waals surface area (Å²) in [6, 6.07) is 10.3. The fourth-order valence-electron chi connectivity index (χ4n) is 3.92. The summed E-state index contributed by atoms with van der Waals surface area (Å²) in [4.78, 5) is 9.13. The van der Waals surface area contributed by atoms with Crippen molar-refractivity contribution in [2.24, 2.45) is 15.7 Å². The molecular formula is C22H24FN3O3S. The Hall–Kier alpha value is -2.74. The number of fused-ring (bicyclic) bond motifs is 1. The Labute approximate surface area is 175 Å². The Morgan fingerprint density at radius 1 is 1.17 bits per heavy atom. The zero-order valence-corrected chi connectivity index (χ0v) is 18.2. The molecule has 4 rings (SSSR count). The third kappa shape index (κ3) is 3.01. The summed E-state index contributed by atoms with van der Waals surface area (Å²) in [6.07, 6.45) is 0.574. The third-order valence-corrected chi connectivity index (χ3v) is 8.73. The minimum absolute atomic E-state index is 0.0172. The van der Waals surface area contributed by atoms with E-state index in [4.69, 9.17) is 10.5 Å². The molecule has 2 aromatic rings. The van der Waals surface area contributed by atoms with Crippen molar-refractivity contribution in [1.29, 1.82) is 0 Å². The van der Waals surface area contributed by atoms with Gasteiger partial charge in [-0.15, -0.1) is 0 Å². The molecule has 2 heterocycles. The van der Waals surface area contributed by atoms with Gasteiger partial charge < -0.3 is 10.5 Å². The second-order valence-electron chi connectivity index (χ2n) is 8.44. The van der Waals surface area contributed by atoms with E-state index in [-0.39, 0.29) is 17.2 Å². The van der Waals surface area contributed by atoms with Crippen LogP contribution in [0.25, 0.3) is 0 Å². The minimum atomic E-state index is -3.64. The number of hydrogen-bond acceptors (Lipinski definition) is 6. The summed E-state index contributed by atoms with van der Waals surface area (Å²) >= 11 is 0. The molecular weight excluding hydrogens is 405 g/mol. The van der Waals surface area contributed by atoms with E-state index in [0.29, 0.717) is 17.7 Å². The topological polar surface area (TPSA) is 94.1 Å². The van der Waals surface area contributed by atoms with Crippen molar-refractivity contribution < 1.29 is 17.5 Å². The normalized spacial score (nSPS) is 24.0. The van der Waals surface area contributed by atoms with Crippen LogP contribution in [-0.2, 0) is 21.8 Å². The summed E-state index contributed by atoms with van der Waals surface area (Å²) in [5.41, 5.74) is 8.13. The van der Waals surface area contributed by atoms with Crippen molar-refractivity contribution in [3.05, 3.63) is 58.9 Å². The highest BCUT2D eigenvalue weighted by atomic mass is 32.2. The zero-order chi connectivity index (χ0) is 21.9. The predicted octanol–water partition coefficient (Wildman–Crippen LogP) is 3.29. The fourth-order valence-corrected chi connectivity index (χ4v) is 5.61. The fraction of sp³-hybridized carbons (Fsp3) is 0.364. The maximum atomic E-state index is 14.9. The highest BCUT2D eigenvalue weighted by Gasteiger charge is 2.49. The number of rotatable bonds is 3. The predicted molar refractivity (Wildman–Crippen MR) is 116 cm³/mol. The Balaban J connectivity index is 1.80. The third-order valence-electron chi connectivity index (χ3n) is 6.02.